The minimum atomic E-state index is -0.782. The maximum atomic E-state index is 14.0. The van der Waals surface area contributed by atoms with E-state index in [1.807, 2.05) is 39.2 Å². The lowest BCUT2D eigenvalue weighted by atomic mass is 9.80. The highest BCUT2D eigenvalue weighted by atomic mass is 32.2. The summed E-state index contributed by atoms with van der Waals surface area (Å²) in [5, 5.41) is 6.12. The van der Waals surface area contributed by atoms with Crippen LogP contribution in [0.2, 0.25) is 0 Å². The maximum Gasteiger partial charge on any atom is 0.251 e. The van der Waals surface area contributed by atoms with Gasteiger partial charge in [0, 0.05) is 62.9 Å². The van der Waals surface area contributed by atoms with Crippen molar-refractivity contribution in [3.63, 3.8) is 0 Å². The van der Waals surface area contributed by atoms with E-state index in [-0.39, 0.29) is 35.6 Å². The highest BCUT2D eigenvalue weighted by Crippen LogP contribution is 2.36. The van der Waals surface area contributed by atoms with E-state index < -0.39 is 17.5 Å². The summed E-state index contributed by atoms with van der Waals surface area (Å²) in [6.07, 6.45) is 2.35. The lowest BCUT2D eigenvalue weighted by Crippen LogP contribution is -2.57. The van der Waals surface area contributed by atoms with E-state index >= 15 is 0 Å². The molecule has 5 rings (SSSR count). The number of Topliss-reactive ketones (excluding diaryl/α,β-unsaturated/α-hetero) is 1. The first-order valence-corrected chi connectivity index (χ1v) is 17.1. The van der Waals surface area contributed by atoms with Gasteiger partial charge in [0.05, 0.1) is 23.7 Å². The Bertz CT molecular complexity index is 1290. The fourth-order valence-electron chi connectivity index (χ4n) is 5.94. The molecule has 4 heterocycles. The van der Waals surface area contributed by atoms with Crippen molar-refractivity contribution < 1.29 is 23.9 Å². The zero-order chi connectivity index (χ0) is 30.7. The van der Waals surface area contributed by atoms with Gasteiger partial charge in [-0.15, -0.1) is 11.3 Å². The number of benzene rings is 1. The minimum Gasteiger partial charge on any atom is -0.383 e. The van der Waals surface area contributed by atoms with Gasteiger partial charge < -0.3 is 24.6 Å². The van der Waals surface area contributed by atoms with Crippen LogP contribution in [-0.2, 0) is 19.1 Å². The summed E-state index contributed by atoms with van der Waals surface area (Å²) >= 11 is 3.24. The van der Waals surface area contributed by atoms with Crippen LogP contribution in [0.4, 0.5) is 5.13 Å². The molecule has 1 aromatic heterocycles. The summed E-state index contributed by atoms with van der Waals surface area (Å²) in [6, 6.07) is 6.00. The number of thioether (sulfide) groups is 1. The summed E-state index contributed by atoms with van der Waals surface area (Å²) in [5.74, 6) is -0.612. The van der Waals surface area contributed by atoms with Crippen LogP contribution in [0.3, 0.4) is 0 Å². The molecule has 12 heteroatoms. The Morgan fingerprint density at radius 3 is 2.58 bits per heavy atom. The number of amides is 2. The number of fused-ring (bicyclic) bond motifs is 1. The third kappa shape index (κ3) is 6.78. The van der Waals surface area contributed by atoms with Gasteiger partial charge in [-0.1, -0.05) is 32.9 Å². The second-order valence-corrected chi connectivity index (χ2v) is 14.0. The van der Waals surface area contributed by atoms with E-state index in [0.29, 0.717) is 18.5 Å². The normalized spacial score (nSPS) is 23.5. The van der Waals surface area contributed by atoms with Crippen molar-refractivity contribution in [2.24, 2.45) is 5.41 Å². The van der Waals surface area contributed by atoms with E-state index in [4.69, 9.17) is 14.5 Å². The molecule has 2 amide bonds. The minimum absolute atomic E-state index is 0.0305. The van der Waals surface area contributed by atoms with E-state index in [1.165, 1.54) is 0 Å². The summed E-state index contributed by atoms with van der Waals surface area (Å²) in [7, 11) is 1.73. The van der Waals surface area contributed by atoms with Crippen LogP contribution in [0.15, 0.2) is 29.6 Å². The Kier molecular flexibility index (Phi) is 10.1. The van der Waals surface area contributed by atoms with Crippen molar-refractivity contribution in [2.45, 2.75) is 50.6 Å². The zero-order valence-corrected chi connectivity index (χ0v) is 27.3. The zero-order valence-electron chi connectivity index (χ0n) is 25.7. The Balaban J connectivity index is 1.25. The van der Waals surface area contributed by atoms with Gasteiger partial charge in [-0.2, -0.15) is 11.8 Å². The first-order valence-electron chi connectivity index (χ1n) is 15.0. The first-order chi connectivity index (χ1) is 20.7. The molecule has 3 aliphatic rings. The van der Waals surface area contributed by atoms with Crippen LogP contribution in [0.1, 0.15) is 37.6 Å². The molecule has 0 aliphatic carbocycles. The standard InChI is InChI=1S/C31H43N5O5S2/c1-6-31(2,3)27(29(39)36-17-24(42-5)26-25(36)23(37)18-41-26)33-28(38)21-9-7-20(8-10-21)22-19-43-30(32-22)35-13-11-34(12-14-35)15-16-40-4/h7-10,19,24-27H,6,11-18H2,1-5H3,(H,33,38)/t24-,25+,26+,27?/m0/s1. The molecule has 234 valence electrons. The number of rotatable bonds is 11. The average Bonchev–Trinajstić information content (AvgIpc) is 3.76. The monoisotopic (exact) mass is 629 g/mol. The molecule has 43 heavy (non-hydrogen) atoms. The van der Waals surface area contributed by atoms with Crippen LogP contribution in [0, 0.1) is 5.41 Å². The van der Waals surface area contributed by atoms with E-state index in [1.54, 1.807) is 47.2 Å². The largest absolute Gasteiger partial charge is 0.383 e. The van der Waals surface area contributed by atoms with Crippen molar-refractivity contribution >= 4 is 45.8 Å². The van der Waals surface area contributed by atoms with Crippen LogP contribution in [0.5, 0.6) is 0 Å². The van der Waals surface area contributed by atoms with Crippen molar-refractivity contribution in [1.82, 2.24) is 20.1 Å². The Morgan fingerprint density at radius 1 is 1.21 bits per heavy atom. The molecule has 0 saturated carbocycles. The van der Waals surface area contributed by atoms with Gasteiger partial charge in [0.25, 0.3) is 5.91 Å². The molecule has 0 spiro atoms. The van der Waals surface area contributed by atoms with Crippen LogP contribution in [0.25, 0.3) is 11.3 Å². The fourth-order valence-corrected chi connectivity index (χ4v) is 7.63. The molecular weight excluding hydrogens is 587 g/mol. The number of nitrogens with zero attached hydrogens (tertiary/aromatic N) is 4. The number of ketones is 1. The number of aromatic nitrogens is 1. The fraction of sp³-hybridized carbons (Fsp3) is 0.613. The molecule has 10 nitrogen and oxygen atoms in total. The van der Waals surface area contributed by atoms with Gasteiger partial charge in [0.1, 0.15) is 18.7 Å². The van der Waals surface area contributed by atoms with E-state index in [2.05, 4.69) is 20.5 Å². The van der Waals surface area contributed by atoms with E-state index in [9.17, 15) is 14.4 Å². The highest BCUT2D eigenvalue weighted by molar-refractivity contribution is 7.99. The SMILES string of the molecule is CCC(C)(C)C(NC(=O)c1ccc(-c2csc(N3CCN(CCOC)CC3)n2)cc1)C(=O)N1C[C@H](SC)[C@H]2OCC(=O)[C@H]21. The molecule has 4 atom stereocenters. The summed E-state index contributed by atoms with van der Waals surface area (Å²) in [4.78, 5) is 51.4. The molecule has 1 aromatic carbocycles. The number of ether oxygens (including phenoxy) is 2. The third-order valence-corrected chi connectivity index (χ3v) is 11.1. The molecule has 0 radical (unpaired) electrons. The number of anilines is 1. The van der Waals surface area contributed by atoms with Crippen LogP contribution >= 0.6 is 23.1 Å². The lowest BCUT2D eigenvalue weighted by molar-refractivity contribution is -0.140. The Labute approximate surface area is 262 Å². The first kappa shape index (κ1) is 31.9. The number of hydrogen-bond acceptors (Lipinski definition) is 10. The van der Waals surface area contributed by atoms with Gasteiger partial charge in [-0.25, -0.2) is 4.98 Å². The molecule has 0 bridgehead atoms. The number of carbonyl (C=O) groups excluding carboxylic acids is 3. The van der Waals surface area contributed by atoms with Gasteiger partial charge in [0.2, 0.25) is 5.91 Å². The topological polar surface area (TPSA) is 104 Å². The smallest absolute Gasteiger partial charge is 0.251 e. The molecule has 2 aromatic rings. The third-order valence-electron chi connectivity index (χ3n) is 9.13. The average molecular weight is 630 g/mol. The van der Waals surface area contributed by atoms with Crippen molar-refractivity contribution in [3.05, 3.63) is 35.2 Å². The van der Waals surface area contributed by atoms with Crippen molar-refractivity contribution in [2.75, 3.05) is 70.7 Å². The second-order valence-electron chi connectivity index (χ2n) is 12.1. The maximum absolute atomic E-state index is 14.0. The summed E-state index contributed by atoms with van der Waals surface area (Å²) in [6.45, 7) is 12.0. The molecule has 1 unspecified atom stereocenters. The molecule has 3 fully saturated rings. The number of likely N-dealkylation sites (tertiary alicyclic amines) is 1. The number of methoxy groups -OCH3 is 1. The van der Waals surface area contributed by atoms with Crippen LogP contribution < -0.4 is 10.2 Å². The quantitative estimate of drug-likeness (QED) is 0.402. The van der Waals surface area contributed by atoms with Gasteiger partial charge in [-0.05, 0) is 30.2 Å². The van der Waals surface area contributed by atoms with Crippen molar-refractivity contribution in [3.8, 4) is 11.3 Å². The number of nitrogens with one attached hydrogen (secondary N) is 1. The van der Waals surface area contributed by atoms with Crippen LogP contribution in [-0.4, -0.2) is 122 Å². The second kappa shape index (κ2) is 13.6. The highest BCUT2D eigenvalue weighted by Gasteiger charge is 2.54. The number of carbonyl (C=O) groups is 3. The number of hydrogen-bond donors (Lipinski definition) is 1. The predicted molar refractivity (Wildman–Crippen MR) is 171 cm³/mol. The molecular formula is C31H43N5O5S2. The summed E-state index contributed by atoms with van der Waals surface area (Å²) in [5.41, 5.74) is 1.77. The van der Waals surface area contributed by atoms with Crippen molar-refractivity contribution in [1.29, 1.82) is 0 Å². The molecule has 3 aliphatic heterocycles. The lowest BCUT2D eigenvalue weighted by Gasteiger charge is -2.36. The predicted octanol–water partition coefficient (Wildman–Crippen LogP) is 3.02. The van der Waals surface area contributed by atoms with Gasteiger partial charge in [-0.3, -0.25) is 19.3 Å². The van der Waals surface area contributed by atoms with E-state index in [0.717, 1.165) is 55.7 Å². The van der Waals surface area contributed by atoms with Gasteiger partial charge >= 0.3 is 0 Å². The Hall–Kier alpha value is -2.51. The van der Waals surface area contributed by atoms with Gasteiger partial charge in [0.15, 0.2) is 10.9 Å². The molecule has 3 saturated heterocycles. The number of thiazole rings is 1. The Morgan fingerprint density at radius 2 is 1.93 bits per heavy atom. The molecule has 1 N–H and O–H groups in total. The number of piperazine rings is 1. The summed E-state index contributed by atoms with van der Waals surface area (Å²) < 4.78 is 11.0.